The zero-order chi connectivity index (χ0) is 29.6. The van der Waals surface area contributed by atoms with E-state index in [1.54, 1.807) is 25.3 Å². The third-order valence-corrected chi connectivity index (χ3v) is 16.8. The number of sulfonamides is 1. The topological polar surface area (TPSA) is 94.5 Å². The number of methoxy groups -OCH3 is 1. The summed E-state index contributed by atoms with van der Waals surface area (Å²) in [5.74, 6) is 3.40. The maximum absolute atomic E-state index is 14.3. The van der Waals surface area contributed by atoms with E-state index >= 15 is 0 Å². The summed E-state index contributed by atoms with van der Waals surface area (Å²) in [5, 5.41) is 0. The number of aromatic nitrogens is 3. The van der Waals surface area contributed by atoms with Gasteiger partial charge < -0.3 is 9.47 Å². The molecule has 0 aromatic carbocycles. The average molecular weight is 591 g/mol. The fourth-order valence-electron chi connectivity index (χ4n) is 4.94. The Kier molecular flexibility index (Phi) is 11.3. The van der Waals surface area contributed by atoms with Crippen LogP contribution in [0.3, 0.4) is 0 Å². The average Bonchev–Trinajstić information content (AvgIpc) is 2.83. The number of pyridine rings is 1. The number of anilines is 1. The molecule has 0 radical (unpaired) electrons. The molecule has 39 heavy (non-hydrogen) atoms. The summed E-state index contributed by atoms with van der Waals surface area (Å²) in [4.78, 5) is 13.2. The molecule has 0 bridgehead atoms. The molecule has 2 rings (SSSR count). The highest BCUT2D eigenvalue weighted by Gasteiger charge is 2.42. The van der Waals surface area contributed by atoms with Crippen LogP contribution in [0.25, 0.3) is 0 Å². The van der Waals surface area contributed by atoms with E-state index < -0.39 is 26.2 Å². The first-order valence-electron chi connectivity index (χ1n) is 13.5. The Morgan fingerprint density at radius 3 is 2.18 bits per heavy atom. The van der Waals surface area contributed by atoms with Gasteiger partial charge in [-0.3, -0.25) is 0 Å². The molecule has 2 aromatic rings. The summed E-state index contributed by atoms with van der Waals surface area (Å²) in [7, 11) is -6.24. The van der Waals surface area contributed by atoms with Gasteiger partial charge in [0.2, 0.25) is 5.82 Å². The molecule has 0 aliphatic heterocycles. The first-order chi connectivity index (χ1) is 18.1. The van der Waals surface area contributed by atoms with Gasteiger partial charge in [0.25, 0.3) is 15.9 Å². The highest BCUT2D eigenvalue weighted by Crippen LogP contribution is 2.41. The molecule has 0 unspecified atom stereocenters. The number of ether oxygens (including phenoxy) is 2. The molecule has 0 atom stereocenters. The standard InChI is InChI=1S/C28H46N4O4SSi2/c1-21(2)39(22(3)4,23(5)6)17-14-25-26(13-12-15-29-25)37(33,34)32(20-36-16-18-38(9,10)11)27-28(35-8)31-24(7)19-30-27/h12-13,15,19,21-23H,16,18,20H2,1-11H3. The van der Waals surface area contributed by atoms with Gasteiger partial charge in [-0.15, -0.1) is 5.54 Å². The number of aryl methyl sites for hydroxylation is 1. The number of hydrogen-bond donors (Lipinski definition) is 0. The minimum atomic E-state index is -4.19. The van der Waals surface area contributed by atoms with Crippen molar-refractivity contribution in [2.45, 2.75) is 95.7 Å². The third-order valence-electron chi connectivity index (χ3n) is 7.08. The first-order valence-corrected chi connectivity index (χ1v) is 20.9. The predicted molar refractivity (Wildman–Crippen MR) is 164 cm³/mol. The van der Waals surface area contributed by atoms with E-state index in [-0.39, 0.29) is 29.0 Å². The maximum Gasteiger partial charge on any atom is 0.270 e. The van der Waals surface area contributed by atoms with Crippen LogP contribution in [-0.4, -0.2) is 60.0 Å². The summed E-state index contributed by atoms with van der Waals surface area (Å²) in [6.45, 7) is 22.0. The van der Waals surface area contributed by atoms with Crippen molar-refractivity contribution in [1.29, 1.82) is 0 Å². The Morgan fingerprint density at radius 2 is 1.64 bits per heavy atom. The second-order valence-corrected chi connectivity index (χ2v) is 25.1. The van der Waals surface area contributed by atoms with Crippen LogP contribution in [0, 0.1) is 18.4 Å². The van der Waals surface area contributed by atoms with Gasteiger partial charge >= 0.3 is 0 Å². The Balaban J connectivity index is 2.67. The lowest BCUT2D eigenvalue weighted by Crippen LogP contribution is -2.43. The van der Waals surface area contributed by atoms with Crippen LogP contribution >= 0.6 is 0 Å². The fraction of sp³-hybridized carbons (Fsp3) is 0.607. The van der Waals surface area contributed by atoms with E-state index in [0.29, 0.717) is 28.9 Å². The summed E-state index contributed by atoms with van der Waals surface area (Å²) >= 11 is 0. The monoisotopic (exact) mass is 590 g/mol. The molecule has 2 aromatic heterocycles. The lowest BCUT2D eigenvalue weighted by Gasteiger charge is -2.38. The molecule has 2 heterocycles. The Hall–Kier alpha value is -2.27. The molecule has 0 saturated heterocycles. The van der Waals surface area contributed by atoms with Crippen molar-refractivity contribution >= 4 is 32.0 Å². The van der Waals surface area contributed by atoms with Crippen molar-refractivity contribution in [3.8, 4) is 17.3 Å². The van der Waals surface area contributed by atoms with Crippen LogP contribution in [-0.2, 0) is 14.8 Å². The number of rotatable bonds is 12. The number of hydrogen-bond acceptors (Lipinski definition) is 7. The fourth-order valence-corrected chi connectivity index (χ4v) is 12.3. The van der Waals surface area contributed by atoms with Crippen LogP contribution in [0.1, 0.15) is 52.9 Å². The smallest absolute Gasteiger partial charge is 0.270 e. The van der Waals surface area contributed by atoms with Crippen LogP contribution < -0.4 is 9.04 Å². The van der Waals surface area contributed by atoms with Crippen LogP contribution in [0.4, 0.5) is 5.82 Å². The zero-order valence-corrected chi connectivity index (χ0v) is 28.3. The van der Waals surface area contributed by atoms with Crippen LogP contribution in [0.15, 0.2) is 29.4 Å². The summed E-state index contributed by atoms with van der Waals surface area (Å²) < 4.78 is 41.0. The van der Waals surface area contributed by atoms with E-state index in [2.05, 4.69) is 87.6 Å². The summed E-state index contributed by atoms with van der Waals surface area (Å²) in [5.41, 5.74) is 5.64. The molecule has 216 valence electrons. The molecule has 11 heteroatoms. The normalized spacial score (nSPS) is 12.6. The second kappa shape index (κ2) is 13.4. The third kappa shape index (κ3) is 7.90. The summed E-state index contributed by atoms with van der Waals surface area (Å²) in [6, 6.07) is 4.05. The van der Waals surface area contributed by atoms with E-state index in [9.17, 15) is 8.42 Å². The second-order valence-electron chi connectivity index (χ2n) is 12.0. The van der Waals surface area contributed by atoms with Gasteiger partial charge in [0.15, 0.2) is 0 Å². The Bertz CT molecular complexity index is 1260. The molecule has 8 nitrogen and oxygen atoms in total. The van der Waals surface area contributed by atoms with Crippen molar-refractivity contribution in [2.24, 2.45) is 0 Å². The van der Waals surface area contributed by atoms with Crippen LogP contribution in [0.2, 0.25) is 42.3 Å². The van der Waals surface area contributed by atoms with Crippen molar-refractivity contribution in [2.75, 3.05) is 24.8 Å². The predicted octanol–water partition coefficient (Wildman–Crippen LogP) is 6.27. The van der Waals surface area contributed by atoms with Gasteiger partial charge in [0, 0.05) is 20.9 Å². The molecule has 0 spiro atoms. The highest BCUT2D eigenvalue weighted by atomic mass is 32.2. The zero-order valence-electron chi connectivity index (χ0n) is 25.5. The van der Waals surface area contributed by atoms with Crippen LogP contribution in [0.5, 0.6) is 5.88 Å². The van der Waals surface area contributed by atoms with Crippen molar-refractivity contribution < 1.29 is 17.9 Å². The SMILES string of the molecule is COc1nc(C)cnc1N(COCC[Si](C)(C)C)S(=O)(=O)c1cccnc1C#C[Si](C(C)C)(C(C)C)C(C)C. The minimum Gasteiger partial charge on any atom is -0.478 e. The van der Waals surface area contributed by atoms with Gasteiger partial charge in [-0.05, 0) is 41.7 Å². The van der Waals surface area contributed by atoms with Gasteiger partial charge in [0.1, 0.15) is 25.4 Å². The minimum absolute atomic E-state index is 0.00916. The molecule has 0 aliphatic carbocycles. The summed E-state index contributed by atoms with van der Waals surface area (Å²) in [6.07, 6.45) is 3.09. The lowest BCUT2D eigenvalue weighted by atomic mass is 10.4. The first kappa shape index (κ1) is 32.9. The highest BCUT2D eigenvalue weighted by molar-refractivity contribution is 7.92. The van der Waals surface area contributed by atoms with Gasteiger partial charge in [-0.25, -0.2) is 27.7 Å². The molecule has 0 saturated carbocycles. The van der Waals surface area contributed by atoms with E-state index in [0.717, 1.165) is 10.3 Å². The van der Waals surface area contributed by atoms with Gasteiger partial charge in [-0.1, -0.05) is 67.1 Å². The Labute approximate surface area is 238 Å². The largest absolute Gasteiger partial charge is 0.478 e. The molecule has 0 fully saturated rings. The quantitative estimate of drug-likeness (QED) is 0.125. The molecular weight excluding hydrogens is 545 g/mol. The van der Waals surface area contributed by atoms with Crippen molar-refractivity contribution in [3.05, 3.63) is 35.9 Å². The van der Waals surface area contributed by atoms with E-state index in [4.69, 9.17) is 9.47 Å². The molecule has 0 amide bonds. The molecule has 0 aliphatic rings. The molecule has 0 N–H and O–H groups in total. The van der Waals surface area contributed by atoms with E-state index in [1.165, 1.54) is 13.3 Å². The van der Waals surface area contributed by atoms with Gasteiger partial charge in [0.05, 0.1) is 19.0 Å². The molecular formula is C28H46N4O4SSi2. The van der Waals surface area contributed by atoms with E-state index in [1.807, 2.05) is 0 Å². The lowest BCUT2D eigenvalue weighted by molar-refractivity contribution is 0.155. The van der Waals surface area contributed by atoms with Crippen molar-refractivity contribution in [1.82, 2.24) is 15.0 Å². The van der Waals surface area contributed by atoms with Crippen molar-refractivity contribution in [3.63, 3.8) is 0 Å². The maximum atomic E-state index is 14.3. The number of nitrogens with zero attached hydrogens (tertiary/aromatic N) is 4. The Morgan fingerprint density at radius 1 is 1.03 bits per heavy atom. The van der Waals surface area contributed by atoms with Gasteiger partial charge in [-0.2, -0.15) is 0 Å².